The van der Waals surface area contributed by atoms with E-state index in [1.807, 2.05) is 0 Å². The van der Waals surface area contributed by atoms with Crippen LogP contribution in [0.2, 0.25) is 5.02 Å². The van der Waals surface area contributed by atoms with E-state index in [9.17, 15) is 4.79 Å². The van der Waals surface area contributed by atoms with Crippen molar-refractivity contribution in [3.05, 3.63) is 51.5 Å². The van der Waals surface area contributed by atoms with E-state index in [4.69, 9.17) is 22.1 Å². The van der Waals surface area contributed by atoms with Crippen LogP contribution in [-0.2, 0) is 0 Å². The highest BCUT2D eigenvalue weighted by Gasteiger charge is 2.13. The minimum Gasteiger partial charge on any atom is -0.495 e. The van der Waals surface area contributed by atoms with Crippen LogP contribution >= 0.6 is 27.5 Å². The first kappa shape index (κ1) is 14.7. The number of nitrogens with one attached hydrogen (secondary N) is 1. The Labute approximate surface area is 130 Å². The number of ether oxygens (including phenoxy) is 1. The van der Waals surface area contributed by atoms with E-state index in [1.165, 1.54) is 7.11 Å². The predicted molar refractivity (Wildman–Crippen MR) is 84.5 cm³/mol. The van der Waals surface area contributed by atoms with Crippen molar-refractivity contribution in [2.24, 2.45) is 0 Å². The summed E-state index contributed by atoms with van der Waals surface area (Å²) in [7, 11) is 1.52. The van der Waals surface area contributed by atoms with Gasteiger partial charge in [-0.3, -0.25) is 4.79 Å². The Bertz CT molecular complexity index is 662. The highest BCUT2D eigenvalue weighted by molar-refractivity contribution is 9.10. The molecule has 0 unspecified atom stereocenters. The standard InChI is InChI=1S/C14H12BrClN2O2/c1-20-12-7-8(5-6-11(12)17)18-14(19)9-3-2-4-10(15)13(9)16/h2-7H,17H2,1H3,(H,18,19). The number of methoxy groups -OCH3 is 1. The summed E-state index contributed by atoms with van der Waals surface area (Å²) in [5, 5.41) is 3.12. The number of halogens is 2. The maximum atomic E-state index is 12.2. The van der Waals surface area contributed by atoms with Gasteiger partial charge in [-0.1, -0.05) is 17.7 Å². The molecule has 2 aromatic rings. The van der Waals surface area contributed by atoms with Crippen LogP contribution in [0.25, 0.3) is 0 Å². The van der Waals surface area contributed by atoms with E-state index in [1.54, 1.807) is 36.4 Å². The van der Waals surface area contributed by atoms with Crippen molar-refractivity contribution in [2.75, 3.05) is 18.2 Å². The zero-order valence-electron chi connectivity index (χ0n) is 10.6. The topological polar surface area (TPSA) is 64.3 Å². The smallest absolute Gasteiger partial charge is 0.257 e. The summed E-state index contributed by atoms with van der Waals surface area (Å²) in [5.74, 6) is 0.200. The molecule has 0 heterocycles. The number of hydrogen-bond acceptors (Lipinski definition) is 3. The molecule has 0 bridgehead atoms. The molecule has 20 heavy (non-hydrogen) atoms. The number of carbonyl (C=O) groups is 1. The highest BCUT2D eigenvalue weighted by atomic mass is 79.9. The fraction of sp³-hybridized carbons (Fsp3) is 0.0714. The average molecular weight is 356 g/mol. The van der Waals surface area contributed by atoms with Gasteiger partial charge in [0.25, 0.3) is 5.91 Å². The van der Waals surface area contributed by atoms with Crippen molar-refractivity contribution in [3.63, 3.8) is 0 Å². The quantitative estimate of drug-likeness (QED) is 0.820. The van der Waals surface area contributed by atoms with Crippen LogP contribution in [0, 0.1) is 0 Å². The van der Waals surface area contributed by atoms with Crippen molar-refractivity contribution in [3.8, 4) is 5.75 Å². The van der Waals surface area contributed by atoms with Crippen molar-refractivity contribution in [2.45, 2.75) is 0 Å². The number of nitrogens with two attached hydrogens (primary N) is 1. The lowest BCUT2D eigenvalue weighted by molar-refractivity contribution is 0.102. The number of rotatable bonds is 3. The molecule has 0 saturated carbocycles. The van der Waals surface area contributed by atoms with Gasteiger partial charge in [-0.15, -0.1) is 0 Å². The van der Waals surface area contributed by atoms with E-state index >= 15 is 0 Å². The van der Waals surface area contributed by atoms with Crippen LogP contribution in [0.5, 0.6) is 5.75 Å². The molecule has 0 radical (unpaired) electrons. The van der Waals surface area contributed by atoms with Crippen LogP contribution in [0.3, 0.4) is 0 Å². The molecule has 0 aliphatic carbocycles. The van der Waals surface area contributed by atoms with Crippen molar-refractivity contribution >= 4 is 44.8 Å². The van der Waals surface area contributed by atoms with Gasteiger partial charge in [0.2, 0.25) is 0 Å². The van der Waals surface area contributed by atoms with Crippen LogP contribution in [-0.4, -0.2) is 13.0 Å². The van der Waals surface area contributed by atoms with E-state index in [0.29, 0.717) is 32.2 Å². The van der Waals surface area contributed by atoms with Crippen LogP contribution in [0.15, 0.2) is 40.9 Å². The van der Waals surface area contributed by atoms with E-state index in [2.05, 4.69) is 21.2 Å². The molecular weight excluding hydrogens is 344 g/mol. The molecule has 0 aliphatic heterocycles. The molecule has 0 spiro atoms. The molecule has 2 aromatic carbocycles. The second-order valence-electron chi connectivity index (χ2n) is 4.01. The van der Waals surface area contributed by atoms with Crippen molar-refractivity contribution in [1.82, 2.24) is 0 Å². The predicted octanol–water partition coefficient (Wildman–Crippen LogP) is 3.95. The van der Waals surface area contributed by atoms with Crippen LogP contribution < -0.4 is 15.8 Å². The molecule has 0 aromatic heterocycles. The fourth-order valence-electron chi connectivity index (χ4n) is 1.67. The first-order valence-electron chi connectivity index (χ1n) is 5.72. The molecule has 0 atom stereocenters. The molecule has 2 rings (SSSR count). The van der Waals surface area contributed by atoms with Gasteiger partial charge < -0.3 is 15.8 Å². The second-order valence-corrected chi connectivity index (χ2v) is 5.24. The number of anilines is 2. The lowest BCUT2D eigenvalue weighted by Crippen LogP contribution is -2.12. The summed E-state index contributed by atoms with van der Waals surface area (Å²) in [6.45, 7) is 0. The monoisotopic (exact) mass is 354 g/mol. The maximum absolute atomic E-state index is 12.2. The average Bonchev–Trinajstić information content (AvgIpc) is 2.43. The largest absolute Gasteiger partial charge is 0.495 e. The van der Waals surface area contributed by atoms with Gasteiger partial charge >= 0.3 is 0 Å². The Morgan fingerprint density at radius 2 is 2.10 bits per heavy atom. The van der Waals surface area contributed by atoms with Gasteiger partial charge in [0.1, 0.15) is 5.75 Å². The zero-order chi connectivity index (χ0) is 14.7. The van der Waals surface area contributed by atoms with Crippen LogP contribution in [0.1, 0.15) is 10.4 Å². The summed E-state index contributed by atoms with van der Waals surface area (Å²) in [6.07, 6.45) is 0. The Morgan fingerprint density at radius 3 is 2.80 bits per heavy atom. The molecule has 0 saturated heterocycles. The van der Waals surface area contributed by atoms with Crippen molar-refractivity contribution < 1.29 is 9.53 Å². The third-order valence-electron chi connectivity index (χ3n) is 2.69. The number of amides is 1. The highest BCUT2D eigenvalue weighted by Crippen LogP contribution is 2.28. The summed E-state index contributed by atoms with van der Waals surface area (Å²) < 4.78 is 5.77. The first-order chi connectivity index (χ1) is 9.52. The fourth-order valence-corrected chi connectivity index (χ4v) is 2.24. The molecule has 104 valence electrons. The molecular formula is C14H12BrClN2O2. The lowest BCUT2D eigenvalue weighted by Gasteiger charge is -2.10. The Morgan fingerprint density at radius 1 is 1.35 bits per heavy atom. The molecule has 1 amide bonds. The number of carbonyl (C=O) groups excluding carboxylic acids is 1. The van der Waals surface area contributed by atoms with E-state index in [0.717, 1.165) is 0 Å². The normalized spacial score (nSPS) is 10.2. The minimum absolute atomic E-state index is 0.303. The number of nitrogen functional groups attached to an aromatic ring is 1. The molecule has 3 N–H and O–H groups in total. The van der Waals surface area contributed by atoms with Crippen LogP contribution in [0.4, 0.5) is 11.4 Å². The first-order valence-corrected chi connectivity index (χ1v) is 6.89. The number of hydrogen-bond donors (Lipinski definition) is 2. The molecule has 4 nitrogen and oxygen atoms in total. The van der Waals surface area contributed by atoms with Gasteiger partial charge in [0.15, 0.2) is 0 Å². The van der Waals surface area contributed by atoms with E-state index in [-0.39, 0.29) is 5.91 Å². The number of benzene rings is 2. The third-order valence-corrected chi connectivity index (χ3v) is 3.98. The SMILES string of the molecule is COc1cc(NC(=O)c2cccc(Br)c2Cl)ccc1N. The molecule has 0 aliphatic rings. The summed E-state index contributed by atoms with van der Waals surface area (Å²) >= 11 is 9.37. The Balaban J connectivity index is 2.26. The maximum Gasteiger partial charge on any atom is 0.257 e. The molecule has 0 fully saturated rings. The van der Waals surface area contributed by atoms with Gasteiger partial charge in [-0.25, -0.2) is 0 Å². The van der Waals surface area contributed by atoms with Gasteiger partial charge in [-0.05, 0) is 40.2 Å². The van der Waals surface area contributed by atoms with Gasteiger partial charge in [-0.2, -0.15) is 0 Å². The third kappa shape index (κ3) is 3.05. The van der Waals surface area contributed by atoms with Crippen molar-refractivity contribution in [1.29, 1.82) is 0 Å². The summed E-state index contributed by atoms with van der Waals surface area (Å²) in [6, 6.07) is 10.2. The zero-order valence-corrected chi connectivity index (χ0v) is 13.0. The summed E-state index contributed by atoms with van der Waals surface area (Å²) in [4.78, 5) is 12.2. The Hall–Kier alpha value is -1.72. The molecule has 6 heteroatoms. The second kappa shape index (κ2) is 6.15. The lowest BCUT2D eigenvalue weighted by atomic mass is 10.2. The minimum atomic E-state index is -0.303. The van der Waals surface area contributed by atoms with Gasteiger partial charge in [0.05, 0.1) is 23.4 Å². The summed E-state index contributed by atoms with van der Waals surface area (Å²) in [5.41, 5.74) is 7.19. The van der Waals surface area contributed by atoms with E-state index < -0.39 is 0 Å². The Kier molecular flexibility index (Phi) is 4.52. The van der Waals surface area contributed by atoms with Gasteiger partial charge in [0, 0.05) is 16.2 Å².